The van der Waals surface area contributed by atoms with Gasteiger partial charge in [-0.2, -0.15) is 0 Å². The summed E-state index contributed by atoms with van der Waals surface area (Å²) in [6.45, 7) is 3.71. The van der Waals surface area contributed by atoms with Crippen LogP contribution in [0.15, 0.2) is 24.3 Å². The third kappa shape index (κ3) is 2.82. The van der Waals surface area contributed by atoms with Gasteiger partial charge in [0.15, 0.2) is 0 Å². The number of carbonyl (C=O) groups excluding carboxylic acids is 1. The summed E-state index contributed by atoms with van der Waals surface area (Å²) in [5.41, 5.74) is 0.458. The van der Waals surface area contributed by atoms with Gasteiger partial charge < -0.3 is 10.4 Å². The second-order valence-corrected chi connectivity index (χ2v) is 3.65. The van der Waals surface area contributed by atoms with Crippen LogP contribution in [0.4, 0.5) is 5.69 Å². The van der Waals surface area contributed by atoms with Crippen molar-refractivity contribution in [2.45, 2.75) is 20.3 Å². The Morgan fingerprint density at radius 1 is 1.38 bits per heavy atom. The first-order chi connectivity index (χ1) is 7.56. The standard InChI is InChI=1S/C12H15NO3/c1-3-8(2)11(14)13-10-7-5-4-6-9(10)12(15)16/h4-8H,3H2,1-2H3,(H,13,14)(H,15,16)/t8-/m1/s1. The molecule has 4 nitrogen and oxygen atoms in total. The van der Waals surface area contributed by atoms with Crippen molar-refractivity contribution in [3.63, 3.8) is 0 Å². The molecule has 1 atom stereocenters. The maximum Gasteiger partial charge on any atom is 0.337 e. The first-order valence-corrected chi connectivity index (χ1v) is 5.19. The Morgan fingerprint density at radius 3 is 2.56 bits per heavy atom. The molecule has 0 aliphatic rings. The molecule has 0 unspecified atom stereocenters. The Morgan fingerprint density at radius 2 is 2.00 bits per heavy atom. The summed E-state index contributed by atoms with van der Waals surface area (Å²) in [7, 11) is 0. The Labute approximate surface area is 94.3 Å². The number of carboxylic acid groups (broad SMARTS) is 1. The molecule has 0 aliphatic heterocycles. The predicted octanol–water partition coefficient (Wildman–Crippen LogP) is 2.37. The fourth-order valence-corrected chi connectivity index (χ4v) is 1.22. The van der Waals surface area contributed by atoms with Crippen molar-refractivity contribution in [2.75, 3.05) is 5.32 Å². The van der Waals surface area contributed by atoms with Crippen molar-refractivity contribution >= 4 is 17.6 Å². The van der Waals surface area contributed by atoms with E-state index in [9.17, 15) is 9.59 Å². The van der Waals surface area contributed by atoms with Crippen molar-refractivity contribution < 1.29 is 14.7 Å². The molecule has 0 aliphatic carbocycles. The molecule has 16 heavy (non-hydrogen) atoms. The lowest BCUT2D eigenvalue weighted by Gasteiger charge is -2.11. The SMILES string of the molecule is CC[C@@H](C)C(=O)Nc1ccccc1C(=O)O. The zero-order valence-corrected chi connectivity index (χ0v) is 9.36. The van der Waals surface area contributed by atoms with E-state index in [4.69, 9.17) is 5.11 Å². The van der Waals surface area contributed by atoms with E-state index in [-0.39, 0.29) is 17.4 Å². The Kier molecular flexibility index (Phi) is 4.05. The van der Waals surface area contributed by atoms with Crippen LogP contribution in [0, 0.1) is 5.92 Å². The fourth-order valence-electron chi connectivity index (χ4n) is 1.22. The summed E-state index contributed by atoms with van der Waals surface area (Å²) in [6.07, 6.45) is 0.723. The van der Waals surface area contributed by atoms with E-state index in [2.05, 4.69) is 5.32 Å². The molecule has 1 aromatic carbocycles. The monoisotopic (exact) mass is 221 g/mol. The van der Waals surface area contributed by atoms with Crippen LogP contribution < -0.4 is 5.32 Å². The van der Waals surface area contributed by atoms with Crippen molar-refractivity contribution in [3.05, 3.63) is 29.8 Å². The van der Waals surface area contributed by atoms with Gasteiger partial charge in [0, 0.05) is 5.92 Å². The second-order valence-electron chi connectivity index (χ2n) is 3.65. The molecule has 1 rings (SSSR count). The summed E-state index contributed by atoms with van der Waals surface area (Å²) < 4.78 is 0. The number of anilines is 1. The maximum absolute atomic E-state index is 11.6. The summed E-state index contributed by atoms with van der Waals surface area (Å²) >= 11 is 0. The molecule has 0 heterocycles. The van der Waals surface area contributed by atoms with E-state index in [0.29, 0.717) is 5.69 Å². The van der Waals surface area contributed by atoms with Crippen LogP contribution >= 0.6 is 0 Å². The highest BCUT2D eigenvalue weighted by Gasteiger charge is 2.14. The van der Waals surface area contributed by atoms with Crippen LogP contribution in [-0.2, 0) is 4.79 Å². The fraction of sp³-hybridized carbons (Fsp3) is 0.333. The third-order valence-electron chi connectivity index (χ3n) is 2.48. The molecule has 4 heteroatoms. The summed E-state index contributed by atoms with van der Waals surface area (Å²) in [4.78, 5) is 22.5. The average molecular weight is 221 g/mol. The van der Waals surface area contributed by atoms with E-state index in [1.54, 1.807) is 25.1 Å². The van der Waals surface area contributed by atoms with Crippen LogP contribution in [0.5, 0.6) is 0 Å². The zero-order valence-electron chi connectivity index (χ0n) is 9.36. The minimum absolute atomic E-state index is 0.110. The Balaban J connectivity index is 2.89. The van der Waals surface area contributed by atoms with Crippen LogP contribution in [0.1, 0.15) is 30.6 Å². The number of hydrogen-bond donors (Lipinski definition) is 2. The van der Waals surface area contributed by atoms with Gasteiger partial charge in [-0.25, -0.2) is 4.79 Å². The zero-order chi connectivity index (χ0) is 12.1. The van der Waals surface area contributed by atoms with Gasteiger partial charge in [0.05, 0.1) is 11.3 Å². The largest absolute Gasteiger partial charge is 0.478 e. The van der Waals surface area contributed by atoms with Gasteiger partial charge in [0.1, 0.15) is 0 Å². The second kappa shape index (κ2) is 5.30. The number of hydrogen-bond acceptors (Lipinski definition) is 2. The van der Waals surface area contributed by atoms with E-state index in [0.717, 1.165) is 6.42 Å². The number of carbonyl (C=O) groups is 2. The molecule has 0 bridgehead atoms. The molecule has 0 saturated carbocycles. The predicted molar refractivity (Wildman–Crippen MR) is 61.5 cm³/mol. The molecule has 0 saturated heterocycles. The molecule has 0 aromatic heterocycles. The summed E-state index contributed by atoms with van der Waals surface area (Å²) in [5, 5.41) is 11.5. The van der Waals surface area contributed by atoms with Gasteiger partial charge in [0.2, 0.25) is 5.91 Å². The average Bonchev–Trinajstić information content (AvgIpc) is 2.28. The smallest absolute Gasteiger partial charge is 0.337 e. The first kappa shape index (κ1) is 12.2. The topological polar surface area (TPSA) is 66.4 Å². The Bertz CT molecular complexity index is 401. The number of rotatable bonds is 4. The third-order valence-corrected chi connectivity index (χ3v) is 2.48. The lowest BCUT2D eigenvalue weighted by atomic mass is 10.1. The molecule has 0 fully saturated rings. The molecular weight excluding hydrogens is 206 g/mol. The minimum Gasteiger partial charge on any atom is -0.478 e. The van der Waals surface area contributed by atoms with Crippen LogP contribution in [0.3, 0.4) is 0 Å². The highest BCUT2D eigenvalue weighted by Crippen LogP contribution is 2.16. The highest BCUT2D eigenvalue weighted by molar-refractivity contribution is 6.00. The van der Waals surface area contributed by atoms with E-state index in [1.807, 2.05) is 6.92 Å². The molecule has 2 N–H and O–H groups in total. The summed E-state index contributed by atoms with van der Waals surface area (Å²) in [5.74, 6) is -1.32. The van der Waals surface area contributed by atoms with Gasteiger partial charge in [-0.3, -0.25) is 4.79 Å². The quantitative estimate of drug-likeness (QED) is 0.820. The van der Waals surface area contributed by atoms with Crippen molar-refractivity contribution in [1.82, 2.24) is 0 Å². The van der Waals surface area contributed by atoms with Crippen LogP contribution in [0.25, 0.3) is 0 Å². The van der Waals surface area contributed by atoms with Crippen molar-refractivity contribution in [1.29, 1.82) is 0 Å². The van der Waals surface area contributed by atoms with Gasteiger partial charge in [-0.15, -0.1) is 0 Å². The molecule has 86 valence electrons. The molecule has 0 radical (unpaired) electrons. The molecule has 0 spiro atoms. The van der Waals surface area contributed by atoms with E-state index in [1.165, 1.54) is 6.07 Å². The Hall–Kier alpha value is -1.84. The summed E-state index contributed by atoms with van der Waals surface area (Å²) in [6, 6.07) is 6.37. The maximum atomic E-state index is 11.6. The van der Waals surface area contributed by atoms with Crippen molar-refractivity contribution in [2.24, 2.45) is 5.92 Å². The highest BCUT2D eigenvalue weighted by atomic mass is 16.4. The minimum atomic E-state index is -1.04. The van der Waals surface area contributed by atoms with Gasteiger partial charge in [-0.05, 0) is 18.6 Å². The lowest BCUT2D eigenvalue weighted by molar-refractivity contribution is -0.119. The van der Waals surface area contributed by atoms with E-state index >= 15 is 0 Å². The number of para-hydroxylation sites is 1. The number of benzene rings is 1. The number of aromatic carboxylic acids is 1. The first-order valence-electron chi connectivity index (χ1n) is 5.19. The van der Waals surface area contributed by atoms with Crippen LogP contribution in [0.2, 0.25) is 0 Å². The number of nitrogens with one attached hydrogen (secondary N) is 1. The van der Waals surface area contributed by atoms with Crippen molar-refractivity contribution in [3.8, 4) is 0 Å². The lowest BCUT2D eigenvalue weighted by Crippen LogP contribution is -2.21. The van der Waals surface area contributed by atoms with Gasteiger partial charge in [0.25, 0.3) is 0 Å². The van der Waals surface area contributed by atoms with Crippen LogP contribution in [-0.4, -0.2) is 17.0 Å². The normalized spacial score (nSPS) is 11.9. The van der Waals surface area contributed by atoms with E-state index < -0.39 is 5.97 Å². The molecule has 1 amide bonds. The molecule has 1 aromatic rings. The number of carboxylic acids is 1. The molecular formula is C12H15NO3. The van der Waals surface area contributed by atoms with Gasteiger partial charge in [-0.1, -0.05) is 26.0 Å². The number of amides is 1. The van der Waals surface area contributed by atoms with Gasteiger partial charge >= 0.3 is 5.97 Å².